The van der Waals surface area contributed by atoms with Crippen molar-refractivity contribution in [3.8, 4) is 34.8 Å². The van der Waals surface area contributed by atoms with Gasteiger partial charge >= 0.3 is 0 Å². The lowest BCUT2D eigenvalue weighted by Crippen LogP contribution is -2.43. The quantitative estimate of drug-likeness (QED) is 0.125. The summed E-state index contributed by atoms with van der Waals surface area (Å²) in [4.78, 5) is 19.7. The maximum atomic E-state index is 15.3. The minimum absolute atomic E-state index is 0.116. The van der Waals surface area contributed by atoms with E-state index in [-0.39, 0.29) is 18.0 Å². The fourth-order valence-corrected chi connectivity index (χ4v) is 9.55. The highest BCUT2D eigenvalue weighted by atomic mass is 16.5. The van der Waals surface area contributed by atoms with Crippen molar-refractivity contribution < 1.29 is 32.8 Å². The average molecular weight is 969 g/mol. The number of allylic oxidation sites excluding steroid dienone is 6. The van der Waals surface area contributed by atoms with Crippen LogP contribution in [0.5, 0.6) is 11.8 Å². The van der Waals surface area contributed by atoms with Gasteiger partial charge in [-0.25, -0.2) is 0 Å². The number of fused-ring (bicyclic) bond motifs is 6. The Morgan fingerprint density at radius 3 is 1.40 bits per heavy atom. The first-order valence-electron chi connectivity index (χ1n) is 23.7. The summed E-state index contributed by atoms with van der Waals surface area (Å²) in [6, 6.07) is 19.0. The van der Waals surface area contributed by atoms with Crippen LogP contribution in [-0.2, 0) is 14.3 Å². The van der Waals surface area contributed by atoms with Gasteiger partial charge in [-0.05, 0) is 76.0 Å². The van der Waals surface area contributed by atoms with Gasteiger partial charge in [0.2, 0.25) is 23.4 Å². The summed E-state index contributed by atoms with van der Waals surface area (Å²) in [6.07, 6.45) is 14.0. The summed E-state index contributed by atoms with van der Waals surface area (Å²) in [7, 11) is 3.48. The molecule has 0 amide bonds. The molecule has 21 nitrogen and oxygen atoms in total. The van der Waals surface area contributed by atoms with Gasteiger partial charge < -0.3 is 48.4 Å². The molecule has 2 N–H and O–H groups in total. The summed E-state index contributed by atoms with van der Waals surface area (Å²) < 4.78 is 38.2. The van der Waals surface area contributed by atoms with Crippen molar-refractivity contribution in [2.24, 2.45) is 0 Å². The number of carbonyl (C=O) groups excluding carboxylic acids is 1. The Labute approximate surface area is 410 Å². The van der Waals surface area contributed by atoms with E-state index in [4.69, 9.17) is 38.2 Å². The van der Waals surface area contributed by atoms with Crippen molar-refractivity contribution in [1.29, 1.82) is 0 Å². The maximum Gasteiger partial charge on any atom is 0.244 e. The zero-order valence-electron chi connectivity index (χ0n) is 39.8. The Morgan fingerprint density at radius 1 is 0.597 bits per heavy atom. The molecular weight excluding hydrogens is 921 g/mol. The van der Waals surface area contributed by atoms with Crippen LogP contribution in [0.15, 0.2) is 141 Å². The molecule has 0 spiro atoms. The third-order valence-corrected chi connectivity index (χ3v) is 13.3. The zero-order chi connectivity index (χ0) is 48.9. The van der Waals surface area contributed by atoms with Crippen molar-refractivity contribution in [3.63, 3.8) is 0 Å². The first kappa shape index (κ1) is 44.5. The van der Waals surface area contributed by atoms with Crippen LogP contribution in [0.25, 0.3) is 55.9 Å². The number of dihydropyridines is 2. The minimum Gasteiger partial charge on any atom is -0.443 e. The summed E-state index contributed by atoms with van der Waals surface area (Å²) in [5, 5.41) is 45.8. The number of nitrogens with zero attached hydrogens (tertiary/aromatic N) is 12. The monoisotopic (exact) mass is 968 g/mol. The van der Waals surface area contributed by atoms with Gasteiger partial charge in [0.15, 0.2) is 28.5 Å². The van der Waals surface area contributed by atoms with Crippen molar-refractivity contribution in [3.05, 3.63) is 143 Å². The largest absolute Gasteiger partial charge is 0.443 e. The van der Waals surface area contributed by atoms with E-state index in [0.717, 1.165) is 47.2 Å². The van der Waals surface area contributed by atoms with E-state index in [0.29, 0.717) is 118 Å². The number of aryl methyl sites for hydroxylation is 2. The molecule has 0 radical (unpaired) electrons. The first-order chi connectivity index (χ1) is 35.3. The molecule has 0 aliphatic carbocycles. The van der Waals surface area contributed by atoms with E-state index in [2.05, 4.69) is 51.1 Å². The number of piperidine rings is 2. The number of likely N-dealkylation sites (tertiary alicyclic amines) is 2. The second-order valence-electron chi connectivity index (χ2n) is 17.9. The number of benzene rings is 2. The highest BCUT2D eigenvalue weighted by Gasteiger charge is 2.32. The third-order valence-electron chi connectivity index (χ3n) is 13.3. The molecule has 12 rings (SSSR count). The number of methoxy groups -OCH3 is 2. The van der Waals surface area contributed by atoms with Gasteiger partial charge in [-0.15, -0.1) is 30.6 Å². The molecule has 364 valence electrons. The predicted molar refractivity (Wildman–Crippen MR) is 261 cm³/mol. The molecule has 0 bridgehead atoms. The Balaban J connectivity index is 0.876. The van der Waals surface area contributed by atoms with Gasteiger partial charge in [0, 0.05) is 74.1 Å². The Bertz CT molecular complexity index is 3380. The summed E-state index contributed by atoms with van der Waals surface area (Å²) in [6.45, 7) is 6.28. The first-order valence-corrected chi connectivity index (χ1v) is 23.7. The number of ether oxygens (including phenoxy) is 4. The SMILES string of the molecule is COC1CCN(C2=C(C(=O)C3=C(N4CCC(OC)CC4)NC(=COc4nn5c(-c6cc(C)on6)nnc5c5ccccc45)C=C3)C=CC(=COc3nn4c(-c5cc(C)on5)nnc4c4ccccc34)N2)CC1. The van der Waals surface area contributed by atoms with Crippen LogP contribution in [0.4, 0.5) is 0 Å². The van der Waals surface area contributed by atoms with E-state index in [1.165, 1.54) is 0 Å². The molecule has 0 unspecified atom stereocenters. The standard InChI is InChI=1S/C51H48N14O7/c1-29-25-41(60-71-29)48-56-54-46-35-9-5-7-11-37(35)50(58-64(46)48)69-27-31-13-15-39(44(52-31)62-21-17-33(67-3)18-22-62)43(66)40-16-14-32(53-45(40)63-23-19-34(68-4)20-24-63)28-70-51-38-12-8-6-10-36(38)47-55-57-49(65(47)59-51)42-26-30(2)72-61-42/h5-16,25-28,33-34,52-53H,17-24H2,1-4H3. The molecule has 0 atom stereocenters. The molecule has 2 fully saturated rings. The van der Waals surface area contributed by atoms with Crippen molar-refractivity contribution in [2.75, 3.05) is 40.4 Å². The van der Waals surface area contributed by atoms with Crippen molar-refractivity contribution in [2.45, 2.75) is 51.7 Å². The molecule has 4 aliphatic rings. The molecular formula is C51H48N14O7. The zero-order valence-corrected chi connectivity index (χ0v) is 39.8. The second-order valence-corrected chi connectivity index (χ2v) is 17.9. The minimum atomic E-state index is -0.169. The number of rotatable bonds is 12. The molecule has 72 heavy (non-hydrogen) atoms. The van der Waals surface area contributed by atoms with Crippen LogP contribution in [0.1, 0.15) is 37.2 Å². The van der Waals surface area contributed by atoms with E-state index in [9.17, 15) is 0 Å². The summed E-state index contributed by atoms with van der Waals surface area (Å²) >= 11 is 0. The third kappa shape index (κ3) is 8.16. The number of hydrogen-bond acceptors (Lipinski definition) is 19. The van der Waals surface area contributed by atoms with E-state index < -0.39 is 0 Å². The topological polar surface area (TPSA) is 223 Å². The van der Waals surface area contributed by atoms with Gasteiger partial charge in [-0.3, -0.25) is 4.79 Å². The Morgan fingerprint density at radius 2 is 1.01 bits per heavy atom. The van der Waals surface area contributed by atoms with Crippen LogP contribution in [0, 0.1) is 13.8 Å². The fraction of sp³-hybridized carbons (Fsp3) is 0.275. The lowest BCUT2D eigenvalue weighted by molar-refractivity contribution is -0.112. The van der Waals surface area contributed by atoms with E-state index >= 15 is 4.79 Å². The molecule has 21 heteroatoms. The molecule has 6 aromatic heterocycles. The van der Waals surface area contributed by atoms with E-state index in [1.807, 2.05) is 86.7 Å². The van der Waals surface area contributed by atoms with Gasteiger partial charge in [0.05, 0.1) is 34.7 Å². The van der Waals surface area contributed by atoms with Gasteiger partial charge in [-0.2, -0.15) is 9.03 Å². The summed E-state index contributed by atoms with van der Waals surface area (Å²) in [5.74, 6) is 3.89. The molecule has 2 saturated heterocycles. The van der Waals surface area contributed by atoms with Crippen molar-refractivity contribution >= 4 is 38.6 Å². The van der Waals surface area contributed by atoms with Gasteiger partial charge in [-0.1, -0.05) is 46.7 Å². The molecule has 10 heterocycles. The predicted octanol–water partition coefficient (Wildman–Crippen LogP) is 6.47. The van der Waals surface area contributed by atoms with Crippen molar-refractivity contribution in [1.82, 2.24) is 70.4 Å². The number of hydrogen-bond donors (Lipinski definition) is 2. The second kappa shape index (κ2) is 18.6. The van der Waals surface area contributed by atoms with Crippen LogP contribution in [0.3, 0.4) is 0 Å². The lowest BCUT2D eigenvalue weighted by atomic mass is 9.96. The fourth-order valence-electron chi connectivity index (χ4n) is 9.55. The number of nitrogens with one attached hydrogen (secondary N) is 2. The normalized spacial score (nSPS) is 18.2. The van der Waals surface area contributed by atoms with Crippen LogP contribution >= 0.6 is 0 Å². The number of aromatic nitrogens is 10. The number of ketones is 1. The lowest BCUT2D eigenvalue weighted by Gasteiger charge is -2.38. The highest BCUT2D eigenvalue weighted by molar-refractivity contribution is 6.13. The van der Waals surface area contributed by atoms with Crippen LogP contribution in [-0.4, -0.2) is 118 Å². The number of Topliss-reactive ketones (excluding diaryl/α,β-unsaturated/α-hetero) is 1. The Kier molecular flexibility index (Phi) is 11.5. The van der Waals surface area contributed by atoms with Gasteiger partial charge in [0.1, 0.15) is 35.7 Å². The molecule has 8 aromatic rings. The van der Waals surface area contributed by atoms with E-state index in [1.54, 1.807) is 47.9 Å². The number of carbonyl (C=O) groups is 1. The molecule has 2 aromatic carbocycles. The molecule has 0 saturated carbocycles. The van der Waals surface area contributed by atoms with Crippen LogP contribution in [0.2, 0.25) is 0 Å². The maximum absolute atomic E-state index is 15.3. The molecule has 4 aliphatic heterocycles. The van der Waals surface area contributed by atoms with Gasteiger partial charge in [0.25, 0.3) is 0 Å². The average Bonchev–Trinajstić information content (AvgIpc) is 4.26. The van der Waals surface area contributed by atoms with Crippen LogP contribution < -0.4 is 20.1 Å². The Hall–Kier alpha value is -8.69. The smallest absolute Gasteiger partial charge is 0.244 e. The summed E-state index contributed by atoms with van der Waals surface area (Å²) in [5.41, 5.74) is 4.31. The highest BCUT2D eigenvalue weighted by Crippen LogP contribution is 2.33.